The van der Waals surface area contributed by atoms with Gasteiger partial charge < -0.3 is 21.7 Å². The fourth-order valence-corrected chi connectivity index (χ4v) is 5.51. The molecule has 1 saturated heterocycles. The Morgan fingerprint density at radius 3 is 2.27 bits per heavy atom. The van der Waals surface area contributed by atoms with Crippen molar-refractivity contribution < 1.29 is 14.4 Å². The van der Waals surface area contributed by atoms with Crippen molar-refractivity contribution in [1.29, 1.82) is 0 Å². The number of thiophene rings is 1. The molecule has 0 unspecified atom stereocenters. The maximum Gasteiger partial charge on any atom is 0.317 e. The molecule has 1 aromatic carbocycles. The van der Waals surface area contributed by atoms with E-state index in [2.05, 4.69) is 21.3 Å². The van der Waals surface area contributed by atoms with E-state index < -0.39 is 6.03 Å². The van der Waals surface area contributed by atoms with Crippen LogP contribution in [0.1, 0.15) is 65.7 Å². The SMILES string of the molecule is NC(=O)Nc1sc(-c2ccc(C(=O)NC3CCCCC3)cc2)cc1C(=O)N[C@H]1CCCNC1. The average molecular weight is 470 g/mol. The zero-order valence-electron chi connectivity index (χ0n) is 18.6. The summed E-state index contributed by atoms with van der Waals surface area (Å²) in [5.74, 6) is -0.296. The molecule has 2 aliphatic rings. The highest BCUT2D eigenvalue weighted by Gasteiger charge is 2.22. The fraction of sp³-hybridized carbons (Fsp3) is 0.458. The molecule has 1 aliphatic carbocycles. The highest BCUT2D eigenvalue weighted by molar-refractivity contribution is 7.20. The maximum absolute atomic E-state index is 12.9. The molecule has 2 aromatic rings. The third-order valence-corrected chi connectivity index (χ3v) is 7.32. The molecule has 0 radical (unpaired) electrons. The van der Waals surface area contributed by atoms with Crippen molar-refractivity contribution in [1.82, 2.24) is 16.0 Å². The van der Waals surface area contributed by atoms with E-state index in [1.54, 1.807) is 18.2 Å². The van der Waals surface area contributed by atoms with E-state index in [9.17, 15) is 14.4 Å². The van der Waals surface area contributed by atoms with Crippen molar-refractivity contribution in [3.8, 4) is 10.4 Å². The average Bonchev–Trinajstić information content (AvgIpc) is 3.24. The normalized spacial score (nSPS) is 19.0. The highest BCUT2D eigenvalue weighted by atomic mass is 32.1. The Morgan fingerprint density at radius 1 is 0.909 bits per heavy atom. The minimum atomic E-state index is -0.716. The van der Waals surface area contributed by atoms with E-state index in [4.69, 9.17) is 5.73 Å². The van der Waals surface area contributed by atoms with Gasteiger partial charge in [-0.2, -0.15) is 0 Å². The van der Waals surface area contributed by atoms with Crippen molar-refractivity contribution in [2.75, 3.05) is 18.4 Å². The minimum Gasteiger partial charge on any atom is -0.351 e. The van der Waals surface area contributed by atoms with Crippen molar-refractivity contribution in [2.45, 2.75) is 57.0 Å². The fourth-order valence-electron chi connectivity index (χ4n) is 4.45. The van der Waals surface area contributed by atoms with Gasteiger partial charge in [0.05, 0.1) is 5.56 Å². The van der Waals surface area contributed by atoms with Crippen LogP contribution in [-0.2, 0) is 0 Å². The van der Waals surface area contributed by atoms with E-state index in [0.29, 0.717) is 16.1 Å². The Hall–Kier alpha value is -2.91. The molecule has 6 N–H and O–H groups in total. The summed E-state index contributed by atoms with van der Waals surface area (Å²) in [4.78, 5) is 37.8. The molecule has 2 fully saturated rings. The van der Waals surface area contributed by atoms with Crippen LogP contribution in [0.5, 0.6) is 0 Å². The lowest BCUT2D eigenvalue weighted by Crippen LogP contribution is -2.45. The second kappa shape index (κ2) is 10.8. The third-order valence-electron chi connectivity index (χ3n) is 6.22. The molecule has 1 atom stereocenters. The Bertz CT molecular complexity index is 992. The van der Waals surface area contributed by atoms with Crippen LogP contribution in [0.15, 0.2) is 30.3 Å². The molecule has 0 bridgehead atoms. The molecule has 2 heterocycles. The van der Waals surface area contributed by atoms with Gasteiger partial charge in [-0.15, -0.1) is 11.3 Å². The summed E-state index contributed by atoms with van der Waals surface area (Å²) in [6.07, 6.45) is 7.57. The monoisotopic (exact) mass is 469 g/mol. The molecule has 176 valence electrons. The predicted octanol–water partition coefficient (Wildman–Crippen LogP) is 3.45. The number of carbonyl (C=O) groups is 3. The molecule has 1 saturated carbocycles. The first-order valence-electron chi connectivity index (χ1n) is 11.6. The van der Waals surface area contributed by atoms with Crippen molar-refractivity contribution in [3.63, 3.8) is 0 Å². The van der Waals surface area contributed by atoms with Crippen molar-refractivity contribution in [3.05, 3.63) is 41.5 Å². The third kappa shape index (κ3) is 6.11. The number of rotatable bonds is 6. The van der Waals surface area contributed by atoms with Crippen LogP contribution < -0.4 is 27.0 Å². The number of urea groups is 1. The van der Waals surface area contributed by atoms with Crippen LogP contribution in [0, 0.1) is 0 Å². The number of piperidine rings is 1. The highest BCUT2D eigenvalue weighted by Crippen LogP contribution is 2.36. The standard InChI is InChI=1S/C24H31N5O3S/c25-24(32)29-23-19(22(31)28-18-7-4-12-26-14-18)13-20(33-23)15-8-10-16(11-9-15)21(30)27-17-5-2-1-3-6-17/h8-11,13,17-18,26H,1-7,12,14H2,(H,27,30)(H,28,31)(H3,25,29,32)/t18-/m0/s1. The number of hydrogen-bond acceptors (Lipinski definition) is 5. The smallest absolute Gasteiger partial charge is 0.317 e. The molecule has 0 spiro atoms. The molecule has 9 heteroatoms. The first-order chi connectivity index (χ1) is 16.0. The van der Waals surface area contributed by atoms with Crippen LogP contribution in [-0.4, -0.2) is 43.0 Å². The van der Waals surface area contributed by atoms with Crippen molar-refractivity contribution in [2.24, 2.45) is 5.73 Å². The molecule has 4 amide bonds. The summed E-state index contributed by atoms with van der Waals surface area (Å²) in [6, 6.07) is 8.67. The number of primary amides is 1. The number of hydrogen-bond donors (Lipinski definition) is 5. The Morgan fingerprint density at radius 2 is 1.61 bits per heavy atom. The second-order valence-corrected chi connectivity index (χ2v) is 9.80. The van der Waals surface area contributed by atoms with Gasteiger partial charge in [0.1, 0.15) is 5.00 Å². The topological polar surface area (TPSA) is 125 Å². The van der Waals surface area contributed by atoms with E-state index in [1.165, 1.54) is 17.8 Å². The summed E-state index contributed by atoms with van der Waals surface area (Å²) in [6.45, 7) is 1.68. The molecule has 8 nitrogen and oxygen atoms in total. The Balaban J connectivity index is 1.48. The quantitative estimate of drug-likeness (QED) is 0.444. The van der Waals surface area contributed by atoms with Gasteiger partial charge in [-0.25, -0.2) is 4.79 Å². The Kier molecular flexibility index (Phi) is 7.61. The molecule has 1 aliphatic heterocycles. The largest absolute Gasteiger partial charge is 0.351 e. The summed E-state index contributed by atoms with van der Waals surface area (Å²) in [5.41, 5.74) is 7.19. The molecule has 1 aromatic heterocycles. The van der Waals surface area contributed by atoms with E-state index in [1.807, 2.05) is 12.1 Å². The van der Waals surface area contributed by atoms with Crippen molar-refractivity contribution >= 4 is 34.2 Å². The number of carbonyl (C=O) groups excluding carboxylic acids is 3. The van der Waals surface area contributed by atoms with E-state index in [-0.39, 0.29) is 23.9 Å². The number of nitrogens with one attached hydrogen (secondary N) is 4. The summed E-state index contributed by atoms with van der Waals surface area (Å²) in [7, 11) is 0. The maximum atomic E-state index is 12.9. The number of anilines is 1. The van der Waals surface area contributed by atoms with E-state index >= 15 is 0 Å². The van der Waals surface area contributed by atoms with Crippen LogP contribution >= 0.6 is 11.3 Å². The van der Waals surface area contributed by atoms with Gasteiger partial charge >= 0.3 is 6.03 Å². The second-order valence-electron chi connectivity index (χ2n) is 8.75. The predicted molar refractivity (Wildman–Crippen MR) is 131 cm³/mol. The van der Waals surface area contributed by atoms with Crippen LogP contribution in [0.2, 0.25) is 0 Å². The van der Waals surface area contributed by atoms with Crippen LogP contribution in [0.3, 0.4) is 0 Å². The van der Waals surface area contributed by atoms with Gasteiger partial charge in [0, 0.05) is 29.1 Å². The summed E-state index contributed by atoms with van der Waals surface area (Å²) < 4.78 is 0. The number of nitrogens with two attached hydrogens (primary N) is 1. The van der Waals surface area contributed by atoms with Gasteiger partial charge in [-0.1, -0.05) is 31.4 Å². The van der Waals surface area contributed by atoms with Gasteiger partial charge in [-0.3, -0.25) is 14.9 Å². The van der Waals surface area contributed by atoms with Gasteiger partial charge in [0.15, 0.2) is 0 Å². The number of benzene rings is 1. The lowest BCUT2D eigenvalue weighted by Gasteiger charge is -2.23. The van der Waals surface area contributed by atoms with Crippen LogP contribution in [0.4, 0.5) is 9.80 Å². The van der Waals surface area contributed by atoms with Crippen LogP contribution in [0.25, 0.3) is 10.4 Å². The summed E-state index contributed by atoms with van der Waals surface area (Å²) in [5, 5.41) is 12.4. The first-order valence-corrected chi connectivity index (χ1v) is 12.4. The lowest BCUT2D eigenvalue weighted by molar-refractivity contribution is 0.0921. The molecular weight excluding hydrogens is 438 g/mol. The Labute approximate surface area is 197 Å². The molecule has 33 heavy (non-hydrogen) atoms. The minimum absolute atomic E-state index is 0.0537. The summed E-state index contributed by atoms with van der Waals surface area (Å²) >= 11 is 1.29. The zero-order valence-corrected chi connectivity index (χ0v) is 19.4. The van der Waals surface area contributed by atoms with E-state index in [0.717, 1.165) is 62.1 Å². The molecular formula is C24H31N5O3S. The van der Waals surface area contributed by atoms with Gasteiger partial charge in [0.2, 0.25) is 0 Å². The zero-order chi connectivity index (χ0) is 23.2. The lowest BCUT2D eigenvalue weighted by atomic mass is 9.95. The number of amides is 4. The molecule has 4 rings (SSSR count). The van der Waals surface area contributed by atoms with Gasteiger partial charge in [-0.05, 0) is 56.0 Å². The first kappa shape index (κ1) is 23.3. The van der Waals surface area contributed by atoms with Gasteiger partial charge in [0.25, 0.3) is 11.8 Å².